The van der Waals surface area contributed by atoms with Crippen molar-refractivity contribution in [1.82, 2.24) is 9.97 Å². The van der Waals surface area contributed by atoms with Crippen LogP contribution in [0.5, 0.6) is 5.75 Å². The summed E-state index contributed by atoms with van der Waals surface area (Å²) in [4.78, 5) is 8.23. The van der Waals surface area contributed by atoms with Crippen molar-refractivity contribution in [2.24, 2.45) is 5.73 Å². The first-order chi connectivity index (χ1) is 8.66. The maximum Gasteiger partial charge on any atom is 0.155 e. The summed E-state index contributed by atoms with van der Waals surface area (Å²) in [6, 6.07) is 7.14. The molecule has 4 nitrogen and oxygen atoms in total. The molecule has 0 radical (unpaired) electrons. The standard InChI is InChI=1S/C13H14ClN3O/c1-9(15)13(12-4-2-3-5-17-12)18-11-6-10(14)7-16-8-11/h2-9,13H,15H2,1H3. The first kappa shape index (κ1) is 12.8. The van der Waals surface area contributed by atoms with E-state index >= 15 is 0 Å². The van der Waals surface area contributed by atoms with E-state index in [-0.39, 0.29) is 12.1 Å². The quantitative estimate of drug-likeness (QED) is 0.921. The normalized spacial score (nSPS) is 13.9. The zero-order valence-corrected chi connectivity index (χ0v) is 10.7. The van der Waals surface area contributed by atoms with Crippen LogP contribution in [0.4, 0.5) is 0 Å². The van der Waals surface area contributed by atoms with Crippen LogP contribution < -0.4 is 10.5 Å². The zero-order chi connectivity index (χ0) is 13.0. The fourth-order valence-corrected chi connectivity index (χ4v) is 1.75. The van der Waals surface area contributed by atoms with Gasteiger partial charge in [0.25, 0.3) is 0 Å². The minimum Gasteiger partial charge on any atom is -0.481 e. The number of rotatable bonds is 4. The molecule has 2 atom stereocenters. The maximum absolute atomic E-state index is 5.94. The van der Waals surface area contributed by atoms with Crippen LogP contribution in [0.1, 0.15) is 18.7 Å². The number of ether oxygens (including phenoxy) is 1. The Labute approximate surface area is 111 Å². The smallest absolute Gasteiger partial charge is 0.155 e. The second kappa shape index (κ2) is 5.80. The summed E-state index contributed by atoms with van der Waals surface area (Å²) < 4.78 is 5.81. The van der Waals surface area contributed by atoms with Gasteiger partial charge in [0.1, 0.15) is 5.75 Å². The average Bonchev–Trinajstić information content (AvgIpc) is 2.37. The first-order valence-corrected chi connectivity index (χ1v) is 5.98. The van der Waals surface area contributed by atoms with E-state index in [1.807, 2.05) is 25.1 Å². The van der Waals surface area contributed by atoms with E-state index < -0.39 is 0 Å². The van der Waals surface area contributed by atoms with Gasteiger partial charge < -0.3 is 10.5 Å². The lowest BCUT2D eigenvalue weighted by Crippen LogP contribution is -2.29. The lowest BCUT2D eigenvalue weighted by atomic mass is 10.1. The Bertz CT molecular complexity index is 505. The third kappa shape index (κ3) is 3.18. The van der Waals surface area contributed by atoms with E-state index in [4.69, 9.17) is 22.1 Å². The molecule has 0 aliphatic carbocycles. The fraction of sp³-hybridized carbons (Fsp3) is 0.231. The fourth-order valence-electron chi connectivity index (χ4n) is 1.58. The molecule has 0 aliphatic heterocycles. The highest BCUT2D eigenvalue weighted by molar-refractivity contribution is 6.30. The monoisotopic (exact) mass is 263 g/mol. The average molecular weight is 264 g/mol. The van der Waals surface area contributed by atoms with Crippen LogP contribution in [0.2, 0.25) is 5.02 Å². The molecule has 2 unspecified atom stereocenters. The molecule has 2 rings (SSSR count). The van der Waals surface area contributed by atoms with Gasteiger partial charge in [0.2, 0.25) is 0 Å². The van der Waals surface area contributed by atoms with Crippen molar-refractivity contribution in [2.45, 2.75) is 19.1 Å². The molecular weight excluding hydrogens is 250 g/mol. The van der Waals surface area contributed by atoms with Gasteiger partial charge in [-0.1, -0.05) is 17.7 Å². The van der Waals surface area contributed by atoms with E-state index in [1.165, 1.54) is 0 Å². The number of nitrogens with two attached hydrogens (primary N) is 1. The zero-order valence-electron chi connectivity index (χ0n) is 9.95. The summed E-state index contributed by atoms with van der Waals surface area (Å²) in [7, 11) is 0. The molecular formula is C13H14ClN3O. The van der Waals surface area contributed by atoms with E-state index in [2.05, 4.69) is 9.97 Å². The molecule has 0 saturated heterocycles. The minimum absolute atomic E-state index is 0.195. The highest BCUT2D eigenvalue weighted by atomic mass is 35.5. The maximum atomic E-state index is 5.94. The van der Waals surface area contributed by atoms with Gasteiger partial charge in [-0.25, -0.2) is 0 Å². The Balaban J connectivity index is 2.22. The molecule has 94 valence electrons. The number of hydrogen-bond donors (Lipinski definition) is 1. The van der Waals surface area contributed by atoms with Gasteiger partial charge in [-0.15, -0.1) is 0 Å². The van der Waals surface area contributed by atoms with Gasteiger partial charge in [0, 0.05) is 24.5 Å². The summed E-state index contributed by atoms with van der Waals surface area (Å²) >= 11 is 5.86. The van der Waals surface area contributed by atoms with E-state index in [1.54, 1.807) is 24.7 Å². The molecule has 18 heavy (non-hydrogen) atoms. The predicted octanol–water partition coefficient (Wildman–Crippen LogP) is 2.60. The first-order valence-electron chi connectivity index (χ1n) is 5.60. The van der Waals surface area contributed by atoms with Gasteiger partial charge in [-0.2, -0.15) is 0 Å². The van der Waals surface area contributed by atoms with Gasteiger partial charge >= 0.3 is 0 Å². The van der Waals surface area contributed by atoms with Crippen molar-refractivity contribution in [3.8, 4) is 5.75 Å². The van der Waals surface area contributed by atoms with Crippen LogP contribution in [0.3, 0.4) is 0 Å². The number of pyridine rings is 2. The predicted molar refractivity (Wildman–Crippen MR) is 70.5 cm³/mol. The summed E-state index contributed by atoms with van der Waals surface area (Å²) in [5, 5.41) is 0.525. The molecule has 0 bridgehead atoms. The van der Waals surface area contributed by atoms with Gasteiger partial charge in [0.15, 0.2) is 6.10 Å². The van der Waals surface area contributed by atoms with Gasteiger partial charge in [0.05, 0.1) is 16.9 Å². The van der Waals surface area contributed by atoms with E-state index in [9.17, 15) is 0 Å². The Morgan fingerprint density at radius 3 is 2.78 bits per heavy atom. The van der Waals surface area contributed by atoms with Crippen molar-refractivity contribution in [3.05, 3.63) is 53.6 Å². The molecule has 5 heteroatoms. The molecule has 0 fully saturated rings. The Morgan fingerprint density at radius 2 is 2.17 bits per heavy atom. The Kier molecular flexibility index (Phi) is 4.12. The van der Waals surface area contributed by atoms with Crippen LogP contribution in [-0.4, -0.2) is 16.0 Å². The summed E-state index contributed by atoms with van der Waals surface area (Å²) in [5.74, 6) is 0.579. The largest absolute Gasteiger partial charge is 0.481 e. The lowest BCUT2D eigenvalue weighted by molar-refractivity contribution is 0.175. The molecule has 0 aliphatic rings. The lowest BCUT2D eigenvalue weighted by Gasteiger charge is -2.21. The second-order valence-electron chi connectivity index (χ2n) is 3.99. The van der Waals surface area contributed by atoms with Gasteiger partial charge in [-0.3, -0.25) is 9.97 Å². The molecule has 0 aromatic carbocycles. The molecule has 2 aromatic rings. The van der Waals surface area contributed by atoms with Crippen LogP contribution >= 0.6 is 11.6 Å². The highest BCUT2D eigenvalue weighted by Crippen LogP contribution is 2.24. The van der Waals surface area contributed by atoms with Crippen molar-refractivity contribution >= 4 is 11.6 Å². The molecule has 2 aromatic heterocycles. The van der Waals surface area contributed by atoms with E-state index in [0.29, 0.717) is 10.8 Å². The number of hydrogen-bond acceptors (Lipinski definition) is 4. The summed E-state index contributed by atoms with van der Waals surface area (Å²) in [6.07, 6.45) is 4.54. The Hall–Kier alpha value is -1.65. The third-order valence-electron chi connectivity index (χ3n) is 2.40. The summed E-state index contributed by atoms with van der Waals surface area (Å²) in [6.45, 7) is 1.87. The SMILES string of the molecule is CC(N)C(Oc1cncc(Cl)c1)c1ccccn1. The van der Waals surface area contributed by atoms with Crippen LogP contribution in [0.15, 0.2) is 42.9 Å². The van der Waals surface area contributed by atoms with Crippen LogP contribution in [0, 0.1) is 0 Å². The molecule has 2 N–H and O–H groups in total. The van der Waals surface area contributed by atoms with Crippen LogP contribution in [-0.2, 0) is 0 Å². The molecule has 2 heterocycles. The third-order valence-corrected chi connectivity index (χ3v) is 2.61. The summed E-state index contributed by atoms with van der Waals surface area (Å²) in [5.41, 5.74) is 6.72. The molecule has 0 amide bonds. The highest BCUT2D eigenvalue weighted by Gasteiger charge is 2.19. The molecule has 0 saturated carbocycles. The number of halogens is 1. The van der Waals surface area contributed by atoms with Crippen molar-refractivity contribution in [3.63, 3.8) is 0 Å². The minimum atomic E-state index is -0.327. The van der Waals surface area contributed by atoms with Crippen molar-refractivity contribution in [1.29, 1.82) is 0 Å². The topological polar surface area (TPSA) is 61.0 Å². The number of nitrogens with zero attached hydrogens (tertiary/aromatic N) is 2. The van der Waals surface area contributed by atoms with Gasteiger partial charge in [-0.05, 0) is 19.1 Å². The van der Waals surface area contributed by atoms with Crippen molar-refractivity contribution in [2.75, 3.05) is 0 Å². The second-order valence-corrected chi connectivity index (χ2v) is 4.43. The van der Waals surface area contributed by atoms with Crippen LogP contribution in [0.25, 0.3) is 0 Å². The van der Waals surface area contributed by atoms with Crippen molar-refractivity contribution < 1.29 is 4.74 Å². The molecule has 0 spiro atoms. The van der Waals surface area contributed by atoms with E-state index in [0.717, 1.165) is 5.69 Å². The number of aromatic nitrogens is 2. The Morgan fingerprint density at radius 1 is 1.33 bits per heavy atom.